The Morgan fingerprint density at radius 3 is 2.69 bits per heavy atom. The van der Waals surface area contributed by atoms with Gasteiger partial charge in [0, 0.05) is 12.8 Å². The predicted molar refractivity (Wildman–Crippen MR) is 114 cm³/mol. The van der Waals surface area contributed by atoms with Crippen LogP contribution in [0.2, 0.25) is 0 Å². The molecule has 2 heterocycles. The number of hydrogen-bond acceptors (Lipinski definition) is 4. The van der Waals surface area contributed by atoms with Crippen molar-refractivity contribution in [3.8, 4) is 0 Å². The summed E-state index contributed by atoms with van der Waals surface area (Å²) >= 11 is 0. The first-order valence-electron chi connectivity index (χ1n) is 9.53. The van der Waals surface area contributed by atoms with Gasteiger partial charge in [0.1, 0.15) is 17.2 Å². The van der Waals surface area contributed by atoms with Crippen molar-refractivity contribution < 1.29 is 9.32 Å². The van der Waals surface area contributed by atoms with E-state index in [-0.39, 0.29) is 5.91 Å². The fourth-order valence-electron chi connectivity index (χ4n) is 3.06. The third kappa shape index (κ3) is 4.43. The molecule has 0 aliphatic heterocycles. The van der Waals surface area contributed by atoms with Crippen LogP contribution in [0.1, 0.15) is 34.8 Å². The highest BCUT2D eigenvalue weighted by molar-refractivity contribution is 5.93. The molecular formula is C23H22N4O2. The van der Waals surface area contributed by atoms with Crippen LogP contribution in [0.25, 0.3) is 23.2 Å². The van der Waals surface area contributed by atoms with Crippen molar-refractivity contribution >= 4 is 34.8 Å². The second-order valence-electron chi connectivity index (χ2n) is 7.00. The van der Waals surface area contributed by atoms with Gasteiger partial charge in [-0.05, 0) is 37.6 Å². The van der Waals surface area contributed by atoms with Crippen LogP contribution in [-0.2, 0) is 11.2 Å². The molecule has 4 aromatic rings. The number of rotatable bonds is 6. The van der Waals surface area contributed by atoms with Gasteiger partial charge in [-0.1, -0.05) is 53.2 Å². The second kappa shape index (κ2) is 8.14. The van der Waals surface area contributed by atoms with E-state index in [0.29, 0.717) is 30.0 Å². The molecule has 0 radical (unpaired) electrons. The lowest BCUT2D eigenvalue weighted by Gasteiger charge is -2.03. The van der Waals surface area contributed by atoms with Crippen LogP contribution in [0, 0.1) is 13.8 Å². The normalized spacial score (nSPS) is 11.4. The first kappa shape index (κ1) is 18.7. The highest BCUT2D eigenvalue weighted by atomic mass is 16.5. The number of nitrogens with zero attached hydrogens (tertiary/aromatic N) is 2. The monoisotopic (exact) mass is 386 g/mol. The molecule has 6 heteroatoms. The zero-order chi connectivity index (χ0) is 20.2. The summed E-state index contributed by atoms with van der Waals surface area (Å²) in [5.41, 5.74) is 5.37. The molecule has 2 aromatic heterocycles. The Labute approximate surface area is 168 Å². The van der Waals surface area contributed by atoms with E-state index in [0.717, 1.165) is 22.4 Å². The number of H-pyrrole nitrogens is 1. The minimum absolute atomic E-state index is 0.109. The molecule has 6 nitrogen and oxygen atoms in total. The quantitative estimate of drug-likeness (QED) is 0.493. The highest BCUT2D eigenvalue weighted by Gasteiger charge is 2.14. The number of benzene rings is 2. The predicted octanol–water partition coefficient (Wildman–Crippen LogP) is 4.91. The van der Waals surface area contributed by atoms with Gasteiger partial charge in [0.25, 0.3) is 0 Å². The highest BCUT2D eigenvalue weighted by Crippen LogP contribution is 2.23. The van der Waals surface area contributed by atoms with Gasteiger partial charge < -0.3 is 14.8 Å². The number of aromatic nitrogens is 3. The lowest BCUT2D eigenvalue weighted by molar-refractivity contribution is -0.116. The minimum atomic E-state index is -0.109. The van der Waals surface area contributed by atoms with Crippen LogP contribution < -0.4 is 5.32 Å². The number of para-hydroxylation sites is 2. The fourth-order valence-corrected chi connectivity index (χ4v) is 3.06. The van der Waals surface area contributed by atoms with Gasteiger partial charge in [-0.15, -0.1) is 0 Å². The molecule has 29 heavy (non-hydrogen) atoms. The fraction of sp³-hybridized carbons (Fsp3) is 0.174. The van der Waals surface area contributed by atoms with E-state index in [4.69, 9.17) is 4.52 Å². The van der Waals surface area contributed by atoms with E-state index in [1.54, 1.807) is 0 Å². The van der Waals surface area contributed by atoms with Crippen LogP contribution >= 0.6 is 0 Å². The minimum Gasteiger partial charge on any atom is -0.354 e. The SMILES string of the molecule is Cc1ccc(/C=C/c2onc(C)c2NC(=O)CCc2nc3ccccc3[nH]2)cc1. The summed E-state index contributed by atoms with van der Waals surface area (Å²) in [6.45, 7) is 3.86. The number of amides is 1. The van der Waals surface area contributed by atoms with E-state index in [2.05, 4.69) is 20.4 Å². The molecule has 0 bridgehead atoms. The number of hydrogen-bond donors (Lipinski definition) is 2. The third-order valence-corrected chi connectivity index (χ3v) is 4.69. The Hall–Kier alpha value is -3.67. The molecule has 2 N–H and O–H groups in total. The van der Waals surface area contributed by atoms with E-state index in [1.807, 2.05) is 74.5 Å². The lowest BCUT2D eigenvalue weighted by atomic mass is 10.1. The molecule has 4 rings (SSSR count). The van der Waals surface area contributed by atoms with Crippen LogP contribution in [-0.4, -0.2) is 21.0 Å². The van der Waals surface area contributed by atoms with Gasteiger partial charge in [-0.3, -0.25) is 4.79 Å². The molecule has 0 aliphatic rings. The Bertz CT molecular complexity index is 1140. The molecule has 0 unspecified atom stereocenters. The van der Waals surface area contributed by atoms with Crippen molar-refractivity contribution in [3.05, 3.63) is 76.9 Å². The summed E-state index contributed by atoms with van der Waals surface area (Å²) in [7, 11) is 0. The number of aromatic amines is 1. The molecule has 0 saturated carbocycles. The molecule has 0 atom stereocenters. The van der Waals surface area contributed by atoms with E-state index in [9.17, 15) is 4.79 Å². The number of fused-ring (bicyclic) bond motifs is 1. The maximum absolute atomic E-state index is 12.5. The number of anilines is 1. The van der Waals surface area contributed by atoms with E-state index < -0.39 is 0 Å². The van der Waals surface area contributed by atoms with Crippen molar-refractivity contribution in [2.45, 2.75) is 26.7 Å². The Kier molecular flexibility index (Phi) is 5.24. The first-order valence-corrected chi connectivity index (χ1v) is 9.53. The standard InChI is InChI=1S/C23H22N4O2/c1-15-7-9-17(10-8-15)11-12-20-23(16(2)27-29-20)26-22(28)14-13-21-24-18-5-3-4-6-19(18)25-21/h3-12H,13-14H2,1-2H3,(H,24,25)(H,26,28)/b12-11+. The van der Waals surface area contributed by atoms with Gasteiger partial charge in [0.15, 0.2) is 5.76 Å². The summed E-state index contributed by atoms with van der Waals surface area (Å²) in [5.74, 6) is 1.21. The van der Waals surface area contributed by atoms with Gasteiger partial charge in [-0.25, -0.2) is 4.98 Å². The van der Waals surface area contributed by atoms with E-state index >= 15 is 0 Å². The van der Waals surface area contributed by atoms with Crippen molar-refractivity contribution in [2.24, 2.45) is 0 Å². The van der Waals surface area contributed by atoms with E-state index in [1.165, 1.54) is 5.56 Å². The van der Waals surface area contributed by atoms with Gasteiger partial charge in [0.2, 0.25) is 5.91 Å². The number of imidazole rings is 1. The lowest BCUT2D eigenvalue weighted by Crippen LogP contribution is -2.13. The Balaban J connectivity index is 1.41. The molecule has 0 saturated heterocycles. The zero-order valence-corrected chi connectivity index (χ0v) is 16.4. The molecule has 1 amide bonds. The van der Waals surface area contributed by atoms with Gasteiger partial charge in [-0.2, -0.15) is 0 Å². The van der Waals surface area contributed by atoms with Gasteiger partial charge in [0.05, 0.1) is 11.0 Å². The zero-order valence-electron chi connectivity index (χ0n) is 16.4. The summed E-state index contributed by atoms with van der Waals surface area (Å²) in [4.78, 5) is 20.2. The molecule has 146 valence electrons. The second-order valence-corrected chi connectivity index (χ2v) is 7.00. The van der Waals surface area contributed by atoms with Crippen molar-refractivity contribution in [1.82, 2.24) is 15.1 Å². The van der Waals surface area contributed by atoms with Crippen molar-refractivity contribution in [2.75, 3.05) is 5.32 Å². The smallest absolute Gasteiger partial charge is 0.224 e. The van der Waals surface area contributed by atoms with Crippen molar-refractivity contribution in [3.63, 3.8) is 0 Å². The molecule has 0 spiro atoms. The Morgan fingerprint density at radius 1 is 1.10 bits per heavy atom. The summed E-state index contributed by atoms with van der Waals surface area (Å²) in [5, 5.41) is 6.90. The number of carbonyl (C=O) groups is 1. The molecular weight excluding hydrogens is 364 g/mol. The third-order valence-electron chi connectivity index (χ3n) is 4.69. The summed E-state index contributed by atoms with van der Waals surface area (Å²) in [6.07, 6.45) is 4.59. The molecule has 0 fully saturated rings. The summed E-state index contributed by atoms with van der Waals surface area (Å²) < 4.78 is 5.37. The first-order chi connectivity index (χ1) is 14.1. The number of aryl methyl sites for hydroxylation is 3. The Morgan fingerprint density at radius 2 is 1.90 bits per heavy atom. The molecule has 2 aromatic carbocycles. The molecule has 0 aliphatic carbocycles. The van der Waals surface area contributed by atoms with Crippen LogP contribution in [0.5, 0.6) is 0 Å². The maximum Gasteiger partial charge on any atom is 0.224 e. The van der Waals surface area contributed by atoms with Crippen molar-refractivity contribution in [1.29, 1.82) is 0 Å². The number of nitrogens with one attached hydrogen (secondary N) is 2. The summed E-state index contributed by atoms with van der Waals surface area (Å²) in [6, 6.07) is 16.0. The average molecular weight is 386 g/mol. The number of carbonyl (C=O) groups excluding carboxylic acids is 1. The largest absolute Gasteiger partial charge is 0.354 e. The van der Waals surface area contributed by atoms with Crippen LogP contribution in [0.3, 0.4) is 0 Å². The average Bonchev–Trinajstić information content (AvgIpc) is 3.29. The van der Waals surface area contributed by atoms with Crippen LogP contribution in [0.15, 0.2) is 53.1 Å². The topological polar surface area (TPSA) is 83.8 Å². The van der Waals surface area contributed by atoms with Gasteiger partial charge >= 0.3 is 0 Å². The van der Waals surface area contributed by atoms with Crippen LogP contribution in [0.4, 0.5) is 5.69 Å². The maximum atomic E-state index is 12.5.